The lowest BCUT2D eigenvalue weighted by Gasteiger charge is -2.24. The molecule has 0 saturated heterocycles. The van der Waals surface area contributed by atoms with Crippen molar-refractivity contribution in [2.75, 3.05) is 12.4 Å². The number of aryl methyl sites for hydroxylation is 2. The zero-order valence-corrected chi connectivity index (χ0v) is 15.8. The molecule has 136 valence electrons. The molecule has 0 spiro atoms. The van der Waals surface area contributed by atoms with Crippen LogP contribution >= 0.6 is 11.3 Å². The molecular weight excluding hydrogens is 354 g/mol. The van der Waals surface area contributed by atoms with Gasteiger partial charge >= 0.3 is 11.9 Å². The third kappa shape index (κ3) is 3.22. The molecule has 1 atom stereocenters. The predicted molar refractivity (Wildman–Crippen MR) is 97.8 cm³/mol. The Balaban J connectivity index is 1.84. The van der Waals surface area contributed by atoms with E-state index in [4.69, 9.17) is 9.47 Å². The number of esters is 2. The summed E-state index contributed by atoms with van der Waals surface area (Å²) in [5, 5.41) is 3.13. The van der Waals surface area contributed by atoms with Crippen molar-refractivity contribution >= 4 is 34.2 Å². The third-order valence-electron chi connectivity index (χ3n) is 4.44. The van der Waals surface area contributed by atoms with Crippen molar-refractivity contribution in [2.45, 2.75) is 33.3 Å². The number of fused-ring (bicyclic) bond motifs is 1. The van der Waals surface area contributed by atoms with Crippen LogP contribution in [0.3, 0.4) is 0 Å². The molecule has 0 aliphatic carbocycles. The lowest BCUT2D eigenvalue weighted by molar-refractivity contribution is -0.125. The van der Waals surface area contributed by atoms with E-state index in [-0.39, 0.29) is 0 Å². The summed E-state index contributed by atoms with van der Waals surface area (Å²) >= 11 is 1.29. The number of hydrogen-bond donors (Lipinski definition) is 1. The van der Waals surface area contributed by atoms with Gasteiger partial charge in [-0.05, 0) is 38.0 Å². The second-order valence-electron chi connectivity index (χ2n) is 6.23. The van der Waals surface area contributed by atoms with Gasteiger partial charge in [0.1, 0.15) is 5.00 Å². The average Bonchev–Trinajstić information content (AvgIpc) is 2.88. The van der Waals surface area contributed by atoms with Crippen LogP contribution < -0.4 is 5.32 Å². The molecule has 26 heavy (non-hydrogen) atoms. The van der Waals surface area contributed by atoms with Crippen LogP contribution in [0.1, 0.15) is 42.3 Å². The number of hydrogen-bond acceptors (Lipinski definition) is 6. The highest BCUT2D eigenvalue weighted by atomic mass is 32.1. The molecule has 2 heterocycles. The van der Waals surface area contributed by atoms with Crippen LogP contribution in [0, 0.1) is 20.8 Å². The fraction of sp³-hybridized carbons (Fsp3) is 0.316. The van der Waals surface area contributed by atoms with Gasteiger partial charge in [0.05, 0.1) is 18.2 Å². The van der Waals surface area contributed by atoms with Crippen LogP contribution in [-0.2, 0) is 20.7 Å². The Labute approximate surface area is 155 Å². The molecule has 0 fully saturated rings. The van der Waals surface area contributed by atoms with Crippen LogP contribution in [0.4, 0.5) is 5.00 Å². The van der Waals surface area contributed by atoms with Crippen LogP contribution in [0.2, 0.25) is 0 Å². The second-order valence-corrected chi connectivity index (χ2v) is 7.45. The molecule has 7 heteroatoms. The number of cyclic esters (lactones) is 1. The molecule has 0 unspecified atom stereocenters. The van der Waals surface area contributed by atoms with Gasteiger partial charge in [0.15, 0.2) is 6.10 Å². The van der Waals surface area contributed by atoms with E-state index in [1.807, 2.05) is 26.0 Å². The minimum Gasteiger partial charge on any atom is -0.465 e. The SMILES string of the molecule is COC(=O)c1c(NC(=O)[C@H]2Cc3ccc(C)cc3C(=O)O2)sc(C)c1C. The van der Waals surface area contributed by atoms with Crippen molar-refractivity contribution in [3.63, 3.8) is 0 Å². The minimum absolute atomic E-state index is 0.296. The highest BCUT2D eigenvalue weighted by Gasteiger charge is 2.32. The Bertz CT molecular complexity index is 915. The maximum atomic E-state index is 12.6. The summed E-state index contributed by atoms with van der Waals surface area (Å²) in [5.74, 6) is -1.48. The monoisotopic (exact) mass is 373 g/mol. The Kier molecular flexibility index (Phi) is 4.82. The summed E-state index contributed by atoms with van der Waals surface area (Å²) in [6.45, 7) is 5.55. The van der Waals surface area contributed by atoms with Gasteiger partial charge in [0, 0.05) is 11.3 Å². The molecule has 1 aliphatic rings. The molecule has 0 bridgehead atoms. The maximum Gasteiger partial charge on any atom is 0.341 e. The molecule has 3 rings (SSSR count). The largest absolute Gasteiger partial charge is 0.465 e. The minimum atomic E-state index is -0.939. The normalized spacial score (nSPS) is 15.8. The topological polar surface area (TPSA) is 81.7 Å². The Morgan fingerprint density at radius 1 is 1.27 bits per heavy atom. The summed E-state index contributed by atoms with van der Waals surface area (Å²) in [7, 11) is 1.29. The van der Waals surface area contributed by atoms with Crippen molar-refractivity contribution in [3.05, 3.63) is 50.9 Å². The smallest absolute Gasteiger partial charge is 0.341 e. The molecule has 1 aromatic heterocycles. The predicted octanol–water partition coefficient (Wildman–Crippen LogP) is 3.18. The van der Waals surface area contributed by atoms with Gasteiger partial charge in [0.25, 0.3) is 5.91 Å². The highest BCUT2D eigenvalue weighted by Crippen LogP contribution is 2.33. The molecule has 1 aliphatic heterocycles. The zero-order valence-electron chi connectivity index (χ0n) is 15.0. The average molecular weight is 373 g/mol. The number of nitrogens with one attached hydrogen (secondary N) is 1. The molecule has 1 N–H and O–H groups in total. The standard InChI is InChI=1S/C19H19NO5S/c1-9-5-6-12-8-14(25-18(22)13(12)7-9)16(21)20-17-15(19(23)24-4)10(2)11(3)26-17/h5-7,14H,8H2,1-4H3,(H,20,21)/t14-/m1/s1. The van der Waals surface area contributed by atoms with E-state index < -0.39 is 23.9 Å². The first-order valence-electron chi connectivity index (χ1n) is 8.11. The number of rotatable bonds is 3. The first-order valence-corrected chi connectivity index (χ1v) is 8.93. The fourth-order valence-corrected chi connectivity index (χ4v) is 3.95. The molecule has 1 aromatic carbocycles. The Morgan fingerprint density at radius 2 is 2.00 bits per heavy atom. The van der Waals surface area contributed by atoms with Gasteiger partial charge in [0.2, 0.25) is 0 Å². The van der Waals surface area contributed by atoms with E-state index in [9.17, 15) is 14.4 Å². The van der Waals surface area contributed by atoms with Crippen LogP contribution in [0.15, 0.2) is 18.2 Å². The Morgan fingerprint density at radius 3 is 2.69 bits per heavy atom. The highest BCUT2D eigenvalue weighted by molar-refractivity contribution is 7.16. The number of ether oxygens (including phenoxy) is 2. The Hall–Kier alpha value is -2.67. The molecule has 1 amide bonds. The van der Waals surface area contributed by atoms with E-state index in [0.717, 1.165) is 21.6 Å². The van der Waals surface area contributed by atoms with Crippen molar-refractivity contribution in [2.24, 2.45) is 0 Å². The van der Waals surface area contributed by atoms with Crippen LogP contribution in [-0.4, -0.2) is 31.1 Å². The van der Waals surface area contributed by atoms with E-state index in [0.29, 0.717) is 22.5 Å². The van der Waals surface area contributed by atoms with Crippen molar-refractivity contribution in [1.29, 1.82) is 0 Å². The number of anilines is 1. The number of carbonyl (C=O) groups excluding carboxylic acids is 3. The molecule has 0 saturated carbocycles. The van der Waals surface area contributed by atoms with E-state index >= 15 is 0 Å². The first-order chi connectivity index (χ1) is 12.3. The number of benzene rings is 1. The van der Waals surface area contributed by atoms with Gasteiger partial charge in [-0.15, -0.1) is 11.3 Å². The zero-order chi connectivity index (χ0) is 19.0. The van der Waals surface area contributed by atoms with E-state index in [1.165, 1.54) is 18.4 Å². The summed E-state index contributed by atoms with van der Waals surface area (Å²) in [6.07, 6.45) is -0.643. The summed E-state index contributed by atoms with van der Waals surface area (Å²) < 4.78 is 10.1. The second kappa shape index (κ2) is 6.92. The van der Waals surface area contributed by atoms with Crippen molar-refractivity contribution in [1.82, 2.24) is 0 Å². The number of amides is 1. The van der Waals surface area contributed by atoms with Gasteiger partial charge < -0.3 is 14.8 Å². The molecular formula is C19H19NO5S. The summed E-state index contributed by atoms with van der Waals surface area (Å²) in [5.41, 5.74) is 3.32. The van der Waals surface area contributed by atoms with Gasteiger partial charge in [-0.3, -0.25) is 4.79 Å². The van der Waals surface area contributed by atoms with Crippen molar-refractivity contribution in [3.8, 4) is 0 Å². The number of thiophene rings is 1. The fourth-order valence-electron chi connectivity index (χ4n) is 2.89. The first kappa shape index (κ1) is 18.1. The number of methoxy groups -OCH3 is 1. The van der Waals surface area contributed by atoms with E-state index in [2.05, 4.69) is 5.32 Å². The van der Waals surface area contributed by atoms with Gasteiger partial charge in [-0.1, -0.05) is 17.7 Å². The van der Waals surface area contributed by atoms with Gasteiger partial charge in [-0.25, -0.2) is 9.59 Å². The molecule has 6 nitrogen and oxygen atoms in total. The summed E-state index contributed by atoms with van der Waals surface area (Å²) in [6, 6.07) is 5.49. The van der Waals surface area contributed by atoms with Crippen LogP contribution in [0.25, 0.3) is 0 Å². The van der Waals surface area contributed by atoms with E-state index in [1.54, 1.807) is 13.0 Å². The van der Waals surface area contributed by atoms with Crippen LogP contribution in [0.5, 0.6) is 0 Å². The quantitative estimate of drug-likeness (QED) is 0.836. The lowest BCUT2D eigenvalue weighted by atomic mass is 9.96. The molecule has 0 radical (unpaired) electrons. The third-order valence-corrected chi connectivity index (χ3v) is 5.57. The maximum absolute atomic E-state index is 12.6. The van der Waals surface area contributed by atoms with Crippen molar-refractivity contribution < 1.29 is 23.9 Å². The molecule has 2 aromatic rings. The summed E-state index contributed by atoms with van der Waals surface area (Å²) in [4.78, 5) is 37.8. The number of carbonyl (C=O) groups is 3. The lowest BCUT2D eigenvalue weighted by Crippen LogP contribution is -2.38. The van der Waals surface area contributed by atoms with Gasteiger partial charge in [-0.2, -0.15) is 0 Å².